The minimum absolute atomic E-state index is 0. The molecule has 0 heterocycles. The molecule has 0 saturated heterocycles. The van der Waals surface area contributed by atoms with Crippen LogP contribution >= 0.6 is 0 Å². The van der Waals surface area contributed by atoms with Crippen molar-refractivity contribution >= 4 is 0 Å². The van der Waals surface area contributed by atoms with Gasteiger partial charge >= 0.3 is 0 Å². The summed E-state index contributed by atoms with van der Waals surface area (Å²) in [7, 11) is 0. The molecule has 114 valence electrons. The zero-order chi connectivity index (χ0) is 13.5. The Morgan fingerprint density at radius 1 is 0.706 bits per heavy atom. The molecule has 0 unspecified atom stereocenters. The van der Waals surface area contributed by atoms with Crippen LogP contribution in [0.15, 0.2) is 12.7 Å². The quantitative estimate of drug-likeness (QED) is 0.363. The Labute approximate surface area is 107 Å². The van der Waals surface area contributed by atoms with Crippen LogP contribution in [0.1, 0.15) is 34.6 Å². The Bertz CT molecular complexity index is 50.7. The van der Waals surface area contributed by atoms with Crippen LogP contribution in [0.3, 0.4) is 0 Å². The summed E-state index contributed by atoms with van der Waals surface area (Å²) < 4.78 is 0. The molecule has 0 radical (unpaired) electrons. The van der Waals surface area contributed by atoms with Gasteiger partial charge in [-0.1, -0.05) is 6.08 Å². The molecular weight excluding hydrogens is 224 g/mol. The predicted octanol–water partition coefficient (Wildman–Crippen LogP) is 1.51. The highest BCUT2D eigenvalue weighted by atomic mass is 16.3. The molecule has 0 aromatic rings. The van der Waals surface area contributed by atoms with Gasteiger partial charge in [0.05, 0.1) is 0 Å². The summed E-state index contributed by atoms with van der Waals surface area (Å²) in [4.78, 5) is 0. The maximum absolute atomic E-state index is 7.57. The number of hydrogen-bond donors (Lipinski definition) is 6. The number of rotatable bonds is 0. The molecule has 10 N–H and O–H groups in total. The van der Waals surface area contributed by atoms with Gasteiger partial charge in [-0.05, 0) is 34.6 Å². The van der Waals surface area contributed by atoms with E-state index in [1.807, 2.05) is 6.92 Å². The molecule has 17 heavy (non-hydrogen) atoms. The molecule has 0 spiro atoms. The van der Waals surface area contributed by atoms with Crippen molar-refractivity contribution in [2.24, 2.45) is 0 Å². The van der Waals surface area contributed by atoms with Crippen molar-refractivity contribution in [3.05, 3.63) is 12.7 Å². The van der Waals surface area contributed by atoms with Crippen LogP contribution in [0.25, 0.3) is 0 Å². The highest BCUT2D eigenvalue weighted by Gasteiger charge is 1.35. The third-order valence-electron chi connectivity index (χ3n) is 0. The monoisotopic (exact) mass is 260 g/mol. The minimum atomic E-state index is 0. The van der Waals surface area contributed by atoms with E-state index < -0.39 is 0 Å². The summed E-state index contributed by atoms with van der Waals surface area (Å²) in [6.07, 6.45) is 1.75. The van der Waals surface area contributed by atoms with Crippen molar-refractivity contribution < 1.29 is 20.4 Å². The van der Waals surface area contributed by atoms with Crippen molar-refractivity contribution in [1.29, 1.82) is 0 Å². The van der Waals surface area contributed by atoms with Gasteiger partial charge in [0.1, 0.15) is 0 Å². The zero-order valence-electron chi connectivity index (χ0n) is 12.3. The largest absolute Gasteiger partial charge is 0.397 e. The van der Waals surface area contributed by atoms with E-state index in [1.165, 1.54) is 0 Å². The lowest BCUT2D eigenvalue weighted by atomic mass is 10.8. The Morgan fingerprint density at radius 3 is 0.706 bits per heavy atom. The highest BCUT2D eigenvalue weighted by molar-refractivity contribution is 4.51. The first kappa shape index (κ1) is 43.9. The van der Waals surface area contributed by atoms with E-state index >= 15 is 0 Å². The topological polar surface area (TPSA) is 151 Å². The molecule has 6 heteroatoms. The minimum Gasteiger partial charge on any atom is -0.397 e. The van der Waals surface area contributed by atoms with Gasteiger partial charge in [0.25, 0.3) is 0 Å². The van der Waals surface area contributed by atoms with Crippen LogP contribution in [0.4, 0.5) is 0 Å². The fraction of sp³-hybridized carbons (Fsp3) is 0.818. The van der Waals surface area contributed by atoms with Crippen LogP contribution in [-0.4, -0.2) is 46.9 Å². The second kappa shape index (κ2) is 161. The van der Waals surface area contributed by atoms with E-state index in [0.717, 1.165) is 0 Å². The molecule has 0 saturated carbocycles. The molecule has 0 rings (SSSR count). The van der Waals surface area contributed by atoms with Gasteiger partial charge in [-0.3, -0.25) is 0 Å². The first-order chi connectivity index (χ1) is 7.07. The molecule has 0 aromatic carbocycles. The molecule has 0 bridgehead atoms. The van der Waals surface area contributed by atoms with E-state index in [0.29, 0.717) is 0 Å². The van der Waals surface area contributed by atoms with Gasteiger partial charge in [0, 0.05) is 26.4 Å². The molecule has 0 aliphatic rings. The molecule has 0 aromatic heterocycles. The van der Waals surface area contributed by atoms with Gasteiger partial charge in [-0.25, -0.2) is 0 Å². The molecule has 0 amide bonds. The summed E-state index contributed by atoms with van der Waals surface area (Å²) in [6, 6.07) is 0. The second-order valence-corrected chi connectivity index (χ2v) is 1.67. The standard InChI is InChI=1S/C3H6.4C2H6O.2H3N/c1-3-2;4*1-2-3;;/h3H,1H2,2H3;4*3H,2H2,1H3;2*1H3. The van der Waals surface area contributed by atoms with Gasteiger partial charge in [0.2, 0.25) is 0 Å². The van der Waals surface area contributed by atoms with E-state index in [1.54, 1.807) is 33.8 Å². The number of aliphatic hydroxyl groups is 4. The third-order valence-corrected chi connectivity index (χ3v) is 0. The predicted molar refractivity (Wildman–Crippen MR) is 77.0 cm³/mol. The first-order valence-electron chi connectivity index (χ1n) is 5.08. The maximum Gasteiger partial charge on any atom is 0.0402 e. The van der Waals surface area contributed by atoms with Crippen LogP contribution < -0.4 is 12.3 Å². The molecule has 6 nitrogen and oxygen atoms in total. The van der Waals surface area contributed by atoms with Gasteiger partial charge < -0.3 is 32.7 Å². The average molecular weight is 260 g/mol. The molecule has 0 atom stereocenters. The SMILES string of the molecule is C=CC.CCO.CCO.CCO.CCO.N.N. The first-order valence-corrected chi connectivity index (χ1v) is 5.08. The number of allylic oxidation sites excluding steroid dienone is 1. The Kier molecular flexibility index (Phi) is 416. The van der Waals surface area contributed by atoms with Crippen LogP contribution in [0.2, 0.25) is 0 Å². The van der Waals surface area contributed by atoms with Crippen molar-refractivity contribution in [1.82, 2.24) is 12.3 Å². The van der Waals surface area contributed by atoms with Gasteiger partial charge in [0.15, 0.2) is 0 Å². The van der Waals surface area contributed by atoms with Crippen molar-refractivity contribution in [2.45, 2.75) is 34.6 Å². The number of aliphatic hydroxyl groups excluding tert-OH is 4. The lowest BCUT2D eigenvalue weighted by Crippen LogP contribution is -1.57. The zero-order valence-corrected chi connectivity index (χ0v) is 12.3. The van der Waals surface area contributed by atoms with E-state index in [-0.39, 0.29) is 38.7 Å². The fourth-order valence-electron chi connectivity index (χ4n) is 0. The molecule has 0 fully saturated rings. The summed E-state index contributed by atoms with van der Waals surface area (Å²) >= 11 is 0. The lowest BCUT2D eigenvalue weighted by Gasteiger charge is -1.52. The molecule has 0 aliphatic carbocycles. The lowest BCUT2D eigenvalue weighted by molar-refractivity contribution is 0.318. The van der Waals surface area contributed by atoms with E-state index in [2.05, 4.69) is 6.58 Å². The highest BCUT2D eigenvalue weighted by Crippen LogP contribution is 1.38. The van der Waals surface area contributed by atoms with Crippen LogP contribution in [0, 0.1) is 0 Å². The molecule has 0 aliphatic heterocycles. The summed E-state index contributed by atoms with van der Waals surface area (Å²) in [5.74, 6) is 0. The Hall–Kier alpha value is -0.500. The van der Waals surface area contributed by atoms with Crippen LogP contribution in [0.5, 0.6) is 0 Å². The third kappa shape index (κ3) is 11300. The van der Waals surface area contributed by atoms with E-state index in [4.69, 9.17) is 20.4 Å². The average Bonchev–Trinajstić information content (AvgIpc) is 2.09. The van der Waals surface area contributed by atoms with Crippen molar-refractivity contribution in [3.8, 4) is 0 Å². The Morgan fingerprint density at radius 2 is 0.706 bits per heavy atom. The van der Waals surface area contributed by atoms with Crippen molar-refractivity contribution in [3.63, 3.8) is 0 Å². The molecular formula is C11H36N2O4. The normalized spacial score (nSPS) is 5.00. The Balaban J connectivity index is -0.0000000143. The second-order valence-electron chi connectivity index (χ2n) is 1.67. The van der Waals surface area contributed by atoms with E-state index in [9.17, 15) is 0 Å². The van der Waals surface area contributed by atoms with Gasteiger partial charge in [-0.2, -0.15) is 0 Å². The van der Waals surface area contributed by atoms with Crippen molar-refractivity contribution in [2.75, 3.05) is 26.4 Å². The maximum atomic E-state index is 7.57. The summed E-state index contributed by atoms with van der Waals surface area (Å²) in [6.45, 7) is 13.0. The fourth-order valence-corrected chi connectivity index (χ4v) is 0. The smallest absolute Gasteiger partial charge is 0.0402 e. The summed E-state index contributed by atoms with van der Waals surface area (Å²) in [5.41, 5.74) is 0. The number of hydrogen-bond acceptors (Lipinski definition) is 6. The summed E-state index contributed by atoms with van der Waals surface area (Å²) in [5, 5.41) is 30.3. The van der Waals surface area contributed by atoms with Crippen LogP contribution in [-0.2, 0) is 0 Å². The van der Waals surface area contributed by atoms with Gasteiger partial charge in [-0.15, -0.1) is 6.58 Å².